The molecular formula is C12H29AlO4S. The average molecular weight is 296 g/mol. The highest BCUT2D eigenvalue weighted by Gasteiger charge is 1.91. The van der Waals surface area contributed by atoms with E-state index in [0.717, 1.165) is 0 Å². The molecular weight excluding hydrogens is 267 g/mol. The molecule has 0 aliphatic rings. The van der Waals surface area contributed by atoms with Crippen molar-refractivity contribution in [1.82, 2.24) is 0 Å². The minimum atomic E-state index is -4.67. The van der Waals surface area contributed by atoms with Gasteiger partial charge < -0.3 is 0 Å². The van der Waals surface area contributed by atoms with E-state index in [1.165, 1.54) is 85.8 Å². The van der Waals surface area contributed by atoms with Crippen LogP contribution in [0.4, 0.5) is 0 Å². The van der Waals surface area contributed by atoms with Crippen molar-refractivity contribution < 1.29 is 17.5 Å². The SMILES string of the molecule is CCCCCCCCCCC[CH2][AlH2].O=S(=O)(O)O. The fourth-order valence-electron chi connectivity index (χ4n) is 1.74. The highest BCUT2D eigenvalue weighted by atomic mass is 32.3. The van der Waals surface area contributed by atoms with Gasteiger partial charge in [0.2, 0.25) is 16.3 Å². The lowest BCUT2D eigenvalue weighted by Gasteiger charge is -2.00. The Hall–Kier alpha value is 0.402. The lowest BCUT2D eigenvalue weighted by Crippen LogP contribution is -1.89. The molecule has 18 heavy (non-hydrogen) atoms. The molecule has 0 aromatic carbocycles. The molecule has 6 heteroatoms. The van der Waals surface area contributed by atoms with Crippen molar-refractivity contribution in [2.45, 2.75) is 76.4 Å². The van der Waals surface area contributed by atoms with Crippen molar-refractivity contribution in [1.29, 1.82) is 0 Å². The Morgan fingerprint density at radius 3 is 1.33 bits per heavy atom. The molecule has 0 spiro atoms. The second-order valence-electron chi connectivity index (χ2n) is 4.63. The normalized spacial score (nSPS) is 10.8. The smallest absolute Gasteiger partial charge is 0.264 e. The quantitative estimate of drug-likeness (QED) is 0.368. The van der Waals surface area contributed by atoms with E-state index in [-0.39, 0.29) is 0 Å². The van der Waals surface area contributed by atoms with Crippen molar-refractivity contribution in [2.24, 2.45) is 0 Å². The van der Waals surface area contributed by atoms with Crippen molar-refractivity contribution in [3.05, 3.63) is 0 Å². The van der Waals surface area contributed by atoms with Crippen molar-refractivity contribution >= 4 is 26.7 Å². The third kappa shape index (κ3) is 36.0. The molecule has 0 atom stereocenters. The number of hydrogen-bond acceptors (Lipinski definition) is 2. The van der Waals surface area contributed by atoms with E-state index in [9.17, 15) is 0 Å². The van der Waals surface area contributed by atoms with Crippen LogP contribution in [0.25, 0.3) is 0 Å². The first-order valence-electron chi connectivity index (χ1n) is 7.11. The Morgan fingerprint density at radius 2 is 1.06 bits per heavy atom. The van der Waals surface area contributed by atoms with E-state index in [0.29, 0.717) is 0 Å². The Morgan fingerprint density at radius 1 is 0.778 bits per heavy atom. The molecule has 0 amide bonds. The fourth-order valence-corrected chi connectivity index (χ4v) is 2.24. The van der Waals surface area contributed by atoms with Gasteiger partial charge >= 0.3 is 10.4 Å². The predicted molar refractivity (Wildman–Crippen MR) is 79.4 cm³/mol. The summed E-state index contributed by atoms with van der Waals surface area (Å²) in [4.78, 5) is 0. The molecule has 0 bridgehead atoms. The Kier molecular flexibility index (Phi) is 17.8. The molecule has 0 rings (SSSR count). The highest BCUT2D eigenvalue weighted by Crippen LogP contribution is 2.10. The average Bonchev–Trinajstić information content (AvgIpc) is 2.25. The molecule has 0 saturated carbocycles. The summed E-state index contributed by atoms with van der Waals surface area (Å²) in [5, 5.41) is 1.51. The third-order valence-corrected chi connectivity index (χ3v) is 3.41. The van der Waals surface area contributed by atoms with Gasteiger partial charge in [-0.15, -0.1) is 5.28 Å². The van der Waals surface area contributed by atoms with Crippen LogP contribution in [0.15, 0.2) is 0 Å². The topological polar surface area (TPSA) is 74.6 Å². The Bertz CT molecular complexity index is 224. The molecule has 4 nitrogen and oxygen atoms in total. The molecule has 0 aliphatic heterocycles. The summed E-state index contributed by atoms with van der Waals surface area (Å²) in [5.41, 5.74) is 0. The minimum Gasteiger partial charge on any atom is -0.264 e. The summed E-state index contributed by atoms with van der Waals surface area (Å²) in [6.07, 6.45) is 14.7. The fraction of sp³-hybridized carbons (Fsp3) is 1.00. The van der Waals surface area contributed by atoms with Crippen LogP contribution in [-0.2, 0) is 10.4 Å². The summed E-state index contributed by atoms with van der Waals surface area (Å²) in [6.45, 7) is 2.29. The van der Waals surface area contributed by atoms with Gasteiger partial charge in [0.25, 0.3) is 0 Å². The van der Waals surface area contributed by atoms with E-state index in [1.807, 2.05) is 0 Å². The molecule has 0 saturated heterocycles. The second-order valence-corrected chi connectivity index (χ2v) is 6.53. The van der Waals surface area contributed by atoms with Gasteiger partial charge in [-0.2, -0.15) is 8.42 Å². The van der Waals surface area contributed by atoms with Crippen LogP contribution in [0.2, 0.25) is 5.28 Å². The molecule has 0 unspecified atom stereocenters. The third-order valence-electron chi connectivity index (χ3n) is 2.71. The van der Waals surface area contributed by atoms with Gasteiger partial charge in [-0.1, -0.05) is 71.1 Å². The maximum absolute atomic E-state index is 8.74. The van der Waals surface area contributed by atoms with Crippen molar-refractivity contribution in [3.8, 4) is 0 Å². The van der Waals surface area contributed by atoms with Gasteiger partial charge in [-0.3, -0.25) is 9.11 Å². The first kappa shape index (κ1) is 20.7. The van der Waals surface area contributed by atoms with E-state index in [1.54, 1.807) is 0 Å². The first-order chi connectivity index (χ1) is 8.41. The number of hydrogen-bond donors (Lipinski definition) is 2. The van der Waals surface area contributed by atoms with Gasteiger partial charge in [0.15, 0.2) is 0 Å². The van der Waals surface area contributed by atoms with Crippen molar-refractivity contribution in [2.75, 3.05) is 0 Å². The van der Waals surface area contributed by atoms with Crippen LogP contribution in [0.1, 0.15) is 71.1 Å². The lowest BCUT2D eigenvalue weighted by molar-refractivity contribution is 0.381. The largest absolute Gasteiger partial charge is 0.394 e. The Balaban J connectivity index is 0. The van der Waals surface area contributed by atoms with Crippen LogP contribution in [-0.4, -0.2) is 33.8 Å². The standard InChI is InChI=1S/C12H25.Al.H2O4S.2H/c1-3-5-7-9-11-12-10-8-6-4-2;;1-5(2,3)4;;/h1,3-12H2,2H3;;(H2,1,2,3,4);;. The predicted octanol–water partition coefficient (Wildman–Crippen LogP) is 3.31. The maximum Gasteiger partial charge on any atom is 0.394 e. The lowest BCUT2D eigenvalue weighted by atomic mass is 10.1. The van der Waals surface area contributed by atoms with E-state index in [2.05, 4.69) is 6.92 Å². The molecule has 0 radical (unpaired) electrons. The van der Waals surface area contributed by atoms with E-state index in [4.69, 9.17) is 17.5 Å². The zero-order valence-corrected chi connectivity index (χ0v) is 14.7. The number of unbranched alkanes of at least 4 members (excludes halogenated alkanes) is 9. The van der Waals surface area contributed by atoms with E-state index < -0.39 is 10.4 Å². The van der Waals surface area contributed by atoms with Crippen LogP contribution < -0.4 is 0 Å². The molecule has 0 aromatic rings. The molecule has 2 N–H and O–H groups in total. The van der Waals surface area contributed by atoms with Crippen LogP contribution in [0.3, 0.4) is 0 Å². The van der Waals surface area contributed by atoms with E-state index >= 15 is 0 Å². The van der Waals surface area contributed by atoms with Gasteiger partial charge in [-0.05, 0) is 0 Å². The summed E-state index contributed by atoms with van der Waals surface area (Å²) in [6, 6.07) is 0. The molecule has 0 heterocycles. The van der Waals surface area contributed by atoms with Gasteiger partial charge in [0.1, 0.15) is 0 Å². The van der Waals surface area contributed by atoms with Crippen LogP contribution in [0, 0.1) is 0 Å². The first-order valence-corrected chi connectivity index (χ1v) is 9.92. The summed E-state index contributed by atoms with van der Waals surface area (Å²) in [5.74, 6) is 0. The molecule has 0 aromatic heterocycles. The molecule has 0 fully saturated rings. The molecule has 110 valence electrons. The summed E-state index contributed by atoms with van der Waals surface area (Å²) >= 11 is 1.41. The zero-order chi connectivity index (χ0) is 14.3. The second kappa shape index (κ2) is 15.5. The van der Waals surface area contributed by atoms with Gasteiger partial charge in [0.05, 0.1) is 0 Å². The van der Waals surface area contributed by atoms with Gasteiger partial charge in [0, 0.05) is 0 Å². The van der Waals surface area contributed by atoms with Crippen molar-refractivity contribution in [3.63, 3.8) is 0 Å². The monoisotopic (exact) mass is 296 g/mol. The summed E-state index contributed by atoms with van der Waals surface area (Å²) in [7, 11) is -4.67. The van der Waals surface area contributed by atoms with Crippen LogP contribution >= 0.6 is 0 Å². The maximum atomic E-state index is 8.74. The van der Waals surface area contributed by atoms with Gasteiger partial charge in [-0.25, -0.2) is 0 Å². The Labute approximate surface area is 121 Å². The van der Waals surface area contributed by atoms with Crippen LogP contribution in [0.5, 0.6) is 0 Å². The number of rotatable bonds is 10. The summed E-state index contributed by atoms with van der Waals surface area (Å²) < 4.78 is 31.6. The molecule has 0 aliphatic carbocycles. The zero-order valence-electron chi connectivity index (χ0n) is 11.9. The minimum absolute atomic E-state index is 1.38. The highest BCUT2D eigenvalue weighted by molar-refractivity contribution is 7.79.